The number of hydrogen-bond acceptors (Lipinski definition) is 15. The predicted molar refractivity (Wildman–Crippen MR) is 343 cm³/mol. The Kier molecular flexibility index (Phi) is 27.5. The highest BCUT2D eigenvalue weighted by molar-refractivity contribution is 5.94. The topological polar surface area (TPSA) is 331 Å². The fraction of sp³-hybridized carbons (Fsp3) is 0.500. The van der Waals surface area contributed by atoms with Crippen molar-refractivity contribution in [2.75, 3.05) is 0 Å². The van der Waals surface area contributed by atoms with Crippen LogP contribution in [0.1, 0.15) is 166 Å². The number of hydrogen-bond donors (Lipinski definition) is 12. The maximum atomic E-state index is 12.1. The minimum atomic E-state index is -0.686. The summed E-state index contributed by atoms with van der Waals surface area (Å²) in [5.74, 6) is -0.575. The Morgan fingerprint density at radius 3 is 1.30 bits per heavy atom. The molecule has 4 aromatic carbocycles. The number of carbonyl (C=O) groups is 6. The number of nitrogens with one attached hydrogen (secondary N) is 4. The van der Waals surface area contributed by atoms with Gasteiger partial charge in [-0.2, -0.15) is 0 Å². The van der Waals surface area contributed by atoms with Crippen molar-refractivity contribution in [1.82, 2.24) is 20.6 Å². The number of aromatic nitrogens is 2. The number of aromatic amines is 2. The van der Waals surface area contributed by atoms with E-state index in [2.05, 4.69) is 47.6 Å². The van der Waals surface area contributed by atoms with Crippen LogP contribution in [0, 0.1) is 21.7 Å². The number of amides is 1. The molecular formula is C68H100N6O12. The third-order valence-electron chi connectivity index (χ3n) is 13.6. The van der Waals surface area contributed by atoms with Gasteiger partial charge >= 0.3 is 0 Å². The molecule has 14 N–H and O–H groups in total. The summed E-state index contributed by atoms with van der Waals surface area (Å²) in [5.41, 5.74) is 16.5. The van der Waals surface area contributed by atoms with Crippen molar-refractivity contribution >= 4 is 56.6 Å². The van der Waals surface area contributed by atoms with Crippen LogP contribution in [0.15, 0.2) is 85.2 Å². The summed E-state index contributed by atoms with van der Waals surface area (Å²) in [6.07, 6.45) is 8.76. The van der Waals surface area contributed by atoms with Crippen LogP contribution in [0.4, 0.5) is 0 Å². The lowest BCUT2D eigenvalue weighted by molar-refractivity contribution is -0.131. The monoisotopic (exact) mass is 1190 g/mol. The van der Waals surface area contributed by atoms with Gasteiger partial charge in [0.25, 0.3) is 0 Å². The number of aryl methyl sites for hydroxylation is 1. The van der Waals surface area contributed by atoms with E-state index in [0.717, 1.165) is 44.9 Å². The zero-order valence-electron chi connectivity index (χ0n) is 54.1. The van der Waals surface area contributed by atoms with Crippen molar-refractivity contribution < 1.29 is 59.4 Å². The summed E-state index contributed by atoms with van der Waals surface area (Å²) in [5, 5.41) is 64.0. The molecule has 6 aromatic rings. The van der Waals surface area contributed by atoms with E-state index in [1.807, 2.05) is 86.7 Å². The number of Topliss-reactive ketones (excluding diaryl/α,β-unsaturated/α-hetero) is 5. The molecule has 86 heavy (non-hydrogen) atoms. The van der Waals surface area contributed by atoms with Gasteiger partial charge in [-0.3, -0.25) is 28.8 Å². The van der Waals surface area contributed by atoms with Crippen molar-refractivity contribution in [3.63, 3.8) is 0 Å². The maximum absolute atomic E-state index is 12.1. The molecule has 0 aliphatic carbocycles. The number of phenols is 6. The lowest BCUT2D eigenvalue weighted by Gasteiger charge is -2.27. The van der Waals surface area contributed by atoms with Crippen molar-refractivity contribution in [1.29, 1.82) is 0 Å². The summed E-state index contributed by atoms with van der Waals surface area (Å²) < 4.78 is 0. The molecule has 0 unspecified atom stereocenters. The molecule has 0 radical (unpaired) electrons. The van der Waals surface area contributed by atoms with Gasteiger partial charge in [-0.25, -0.2) is 0 Å². The first kappa shape index (κ1) is 74.6. The summed E-state index contributed by atoms with van der Waals surface area (Å²) in [6.45, 7) is 33.5. The quantitative estimate of drug-likeness (QED) is 0.0378. The van der Waals surface area contributed by atoms with Crippen LogP contribution in [0.2, 0.25) is 0 Å². The van der Waals surface area contributed by atoms with Gasteiger partial charge in [-0.05, 0) is 161 Å². The zero-order valence-corrected chi connectivity index (χ0v) is 54.1. The average Bonchev–Trinajstić information content (AvgIpc) is 2.54. The van der Waals surface area contributed by atoms with Crippen LogP contribution in [0.3, 0.4) is 0 Å². The van der Waals surface area contributed by atoms with Crippen LogP contribution in [-0.4, -0.2) is 105 Å². The Bertz CT molecular complexity index is 3230. The number of fused-ring (bicyclic) bond motifs is 2. The first-order valence-corrected chi connectivity index (χ1v) is 29.1. The Morgan fingerprint density at radius 2 is 0.919 bits per heavy atom. The standard InChI is InChI=1S/C15H20N2O2.C15H21NO.C14H21NO3.C13H19NO3.C11H19NO3/c1-15(2,3)14(19)12(16)6-9-8-17-13-5-4-10(18)7-11(9)13;1-15(2,3)8-4-5-11-10-16-14-7-6-12(17)9-13(11)14;1-9(16)11(15-14(2,3)4)7-10-5-6-12(17)13(18)8-10;1-13(2,3)12(17)9(14)6-8-4-5-10(15)11(16)7-8;1-7(13)9(12-8(2)14)6-10(15)11(3,4)5/h4-5,7-8,12,17-18H,6,16H2,1-3H3;6-7,9-10,16-17H,4-5,8H2,1-3H3;5-6,8,11,15,17-18H,7H2,1-4H3;4-5,7,9,15-16H,6,14H2,1-3H3;9H,6H2,1-5H3,(H,12,14)/t12-;;11-;2*9-/m0.000/s1. The van der Waals surface area contributed by atoms with E-state index in [-0.39, 0.29) is 81.6 Å². The molecule has 2 heterocycles. The lowest BCUT2D eigenvalue weighted by Crippen LogP contribution is -2.48. The second kappa shape index (κ2) is 31.7. The molecule has 18 heteroatoms. The molecule has 0 spiro atoms. The Balaban J connectivity index is 0.000000368. The van der Waals surface area contributed by atoms with Gasteiger partial charge in [0.05, 0.1) is 24.2 Å². The Hall–Kier alpha value is -7.54. The van der Waals surface area contributed by atoms with E-state index in [0.29, 0.717) is 30.4 Å². The van der Waals surface area contributed by atoms with Gasteiger partial charge in [0.2, 0.25) is 5.91 Å². The number of rotatable bonds is 17. The number of nitrogens with two attached hydrogens (primary N) is 2. The van der Waals surface area contributed by atoms with Crippen molar-refractivity contribution in [2.45, 2.75) is 199 Å². The second-order valence-corrected chi connectivity index (χ2v) is 27.5. The third kappa shape index (κ3) is 26.4. The molecule has 0 bridgehead atoms. The molecule has 6 rings (SSSR count). The molecule has 0 aliphatic heterocycles. The number of aromatic hydroxyl groups is 6. The summed E-state index contributed by atoms with van der Waals surface area (Å²) in [6, 6.07) is 17.6. The summed E-state index contributed by atoms with van der Waals surface area (Å²) in [4.78, 5) is 75.6. The highest BCUT2D eigenvalue weighted by atomic mass is 16.3. The largest absolute Gasteiger partial charge is 0.508 e. The van der Waals surface area contributed by atoms with E-state index in [9.17, 15) is 54.3 Å². The highest BCUT2D eigenvalue weighted by Crippen LogP contribution is 2.30. The first-order valence-electron chi connectivity index (χ1n) is 29.1. The van der Waals surface area contributed by atoms with Gasteiger partial charge in [0.15, 0.2) is 40.3 Å². The van der Waals surface area contributed by atoms with Gasteiger partial charge in [-0.1, -0.05) is 95.2 Å². The second-order valence-electron chi connectivity index (χ2n) is 27.5. The van der Waals surface area contributed by atoms with Crippen LogP contribution in [0.5, 0.6) is 34.5 Å². The molecule has 18 nitrogen and oxygen atoms in total. The Labute approximate surface area is 509 Å². The predicted octanol–water partition coefficient (Wildman–Crippen LogP) is 11.3. The smallest absolute Gasteiger partial charge is 0.217 e. The SMILES string of the molecule is CC(=O)N[C@@H](CC(=O)C(C)(C)C)C(C)=O.CC(=O)[C@H](Cc1ccc(O)c(O)c1)NC(C)(C)C.CC(C)(C)C(=O)[C@@H](N)Cc1c[nH]c2ccc(O)cc12.CC(C)(C)C(=O)[C@@H](N)Cc1ccc(O)c(O)c1.CC(C)(C)CCCc1c[nH]c2ccc(O)cc12. The molecule has 0 saturated carbocycles. The minimum Gasteiger partial charge on any atom is -0.508 e. The Morgan fingerprint density at radius 1 is 0.500 bits per heavy atom. The normalized spacial score (nSPS) is 13.2. The molecular weight excluding hydrogens is 1090 g/mol. The van der Waals surface area contributed by atoms with Crippen molar-refractivity contribution in [3.05, 3.63) is 107 Å². The van der Waals surface area contributed by atoms with Crippen LogP contribution < -0.4 is 22.1 Å². The molecule has 0 saturated heterocycles. The number of benzene rings is 4. The highest BCUT2D eigenvalue weighted by Gasteiger charge is 2.30. The fourth-order valence-electron chi connectivity index (χ4n) is 8.79. The molecule has 4 atom stereocenters. The van der Waals surface area contributed by atoms with Gasteiger partial charge in [0.1, 0.15) is 23.1 Å². The van der Waals surface area contributed by atoms with E-state index >= 15 is 0 Å². The summed E-state index contributed by atoms with van der Waals surface area (Å²) >= 11 is 0. The number of H-pyrrole nitrogens is 2. The van der Waals surface area contributed by atoms with E-state index in [1.165, 1.54) is 56.5 Å². The maximum Gasteiger partial charge on any atom is 0.217 e. The van der Waals surface area contributed by atoms with Gasteiger partial charge < -0.3 is 62.7 Å². The first-order chi connectivity index (χ1) is 39.3. The van der Waals surface area contributed by atoms with Gasteiger partial charge in [0, 0.05) is 69.3 Å². The van der Waals surface area contributed by atoms with E-state index in [4.69, 9.17) is 16.6 Å². The molecule has 474 valence electrons. The lowest BCUT2D eigenvalue weighted by atomic mass is 9.84. The summed E-state index contributed by atoms with van der Waals surface area (Å²) in [7, 11) is 0. The van der Waals surface area contributed by atoms with E-state index < -0.39 is 34.4 Å². The number of phenolic OH excluding ortho intramolecular Hbond substituents is 6. The van der Waals surface area contributed by atoms with Crippen LogP contribution in [0.25, 0.3) is 21.8 Å². The number of carbonyl (C=O) groups excluding carboxylic acids is 6. The number of ketones is 5. The van der Waals surface area contributed by atoms with Crippen molar-refractivity contribution in [3.8, 4) is 34.5 Å². The average molecular weight is 1190 g/mol. The fourth-order valence-corrected chi connectivity index (χ4v) is 8.79. The molecule has 0 aliphatic rings. The van der Waals surface area contributed by atoms with E-state index in [1.54, 1.807) is 58.0 Å². The molecule has 2 aromatic heterocycles. The van der Waals surface area contributed by atoms with Crippen LogP contribution in [-0.2, 0) is 54.5 Å². The third-order valence-corrected chi connectivity index (χ3v) is 13.6. The van der Waals surface area contributed by atoms with Gasteiger partial charge in [-0.15, -0.1) is 0 Å². The zero-order chi connectivity index (χ0) is 66.0. The molecule has 1 amide bonds. The van der Waals surface area contributed by atoms with Crippen molar-refractivity contribution in [2.24, 2.45) is 33.1 Å². The van der Waals surface area contributed by atoms with Crippen LogP contribution >= 0.6 is 0 Å². The molecule has 0 fully saturated rings. The minimum absolute atomic E-state index is 0.0231.